The lowest BCUT2D eigenvalue weighted by Gasteiger charge is -2.36. The fourth-order valence-electron chi connectivity index (χ4n) is 4.68. The molecule has 1 saturated heterocycles. The number of piperazine rings is 1. The summed E-state index contributed by atoms with van der Waals surface area (Å²) < 4.78 is 8.73. The summed E-state index contributed by atoms with van der Waals surface area (Å²) in [5.41, 5.74) is 1.31. The molecule has 3 heterocycles. The van der Waals surface area contributed by atoms with E-state index >= 15 is 0 Å². The zero-order valence-electron chi connectivity index (χ0n) is 20.5. The first kappa shape index (κ1) is 23.9. The molecule has 3 aromatic rings. The molecule has 34 heavy (non-hydrogen) atoms. The summed E-state index contributed by atoms with van der Waals surface area (Å²) in [6, 6.07) is 8.12. The van der Waals surface area contributed by atoms with E-state index in [4.69, 9.17) is 9.72 Å². The van der Waals surface area contributed by atoms with Crippen LogP contribution < -0.4 is 25.8 Å². The van der Waals surface area contributed by atoms with E-state index < -0.39 is 5.69 Å². The highest BCUT2D eigenvalue weighted by Gasteiger charge is 2.25. The Morgan fingerprint density at radius 3 is 2.26 bits per heavy atom. The number of ether oxygens (including phenoxy) is 1. The molecule has 1 fully saturated rings. The van der Waals surface area contributed by atoms with Gasteiger partial charge in [0.1, 0.15) is 5.75 Å². The van der Waals surface area contributed by atoms with Crippen LogP contribution in [0.3, 0.4) is 0 Å². The second-order valence-corrected chi connectivity index (χ2v) is 8.99. The van der Waals surface area contributed by atoms with Crippen LogP contribution in [0.1, 0.15) is 45.4 Å². The van der Waals surface area contributed by atoms with E-state index in [1.807, 2.05) is 16.7 Å². The largest absolute Gasteiger partial charge is 0.497 e. The molecule has 0 spiro atoms. The van der Waals surface area contributed by atoms with E-state index in [0.717, 1.165) is 57.3 Å². The molecule has 9 nitrogen and oxygen atoms in total. The molecule has 0 unspecified atom stereocenters. The molecule has 1 aliphatic heterocycles. The summed E-state index contributed by atoms with van der Waals surface area (Å²) in [5, 5.41) is 0. The first-order chi connectivity index (χ1) is 16.5. The summed E-state index contributed by atoms with van der Waals surface area (Å²) in [6.45, 7) is 6.21. The predicted molar refractivity (Wildman–Crippen MR) is 136 cm³/mol. The molecule has 184 valence electrons. The normalized spacial score (nSPS) is 14.2. The number of methoxy groups -OCH3 is 1. The van der Waals surface area contributed by atoms with Gasteiger partial charge in [0.05, 0.1) is 7.11 Å². The highest BCUT2D eigenvalue weighted by molar-refractivity contribution is 5.74. The van der Waals surface area contributed by atoms with Crippen molar-refractivity contribution in [3.63, 3.8) is 0 Å². The van der Waals surface area contributed by atoms with Crippen molar-refractivity contribution in [2.45, 2.75) is 52.0 Å². The van der Waals surface area contributed by atoms with Crippen molar-refractivity contribution >= 4 is 22.8 Å². The second-order valence-electron chi connectivity index (χ2n) is 8.99. The Balaban J connectivity index is 1.55. The Morgan fingerprint density at radius 1 is 0.941 bits per heavy atom. The van der Waals surface area contributed by atoms with Gasteiger partial charge in [-0.25, -0.2) is 4.79 Å². The van der Waals surface area contributed by atoms with E-state index in [0.29, 0.717) is 11.2 Å². The molecular formula is C25H36N6O3. The van der Waals surface area contributed by atoms with Crippen LogP contribution in [-0.2, 0) is 13.6 Å². The van der Waals surface area contributed by atoms with Gasteiger partial charge < -0.3 is 19.1 Å². The van der Waals surface area contributed by atoms with E-state index in [-0.39, 0.29) is 5.56 Å². The van der Waals surface area contributed by atoms with Gasteiger partial charge in [-0.3, -0.25) is 14.3 Å². The Labute approximate surface area is 200 Å². The van der Waals surface area contributed by atoms with Gasteiger partial charge in [0.25, 0.3) is 5.56 Å². The molecule has 0 amide bonds. The third-order valence-electron chi connectivity index (χ3n) is 6.72. The van der Waals surface area contributed by atoms with Crippen molar-refractivity contribution < 1.29 is 4.74 Å². The fourth-order valence-corrected chi connectivity index (χ4v) is 4.68. The summed E-state index contributed by atoms with van der Waals surface area (Å²) in [4.78, 5) is 36.8. The minimum absolute atomic E-state index is 0.361. The van der Waals surface area contributed by atoms with E-state index in [1.165, 1.54) is 35.9 Å². The fraction of sp³-hybridized carbons (Fsp3) is 0.560. The number of hydrogen-bond donors (Lipinski definition) is 1. The number of H-pyrrole nitrogens is 1. The Kier molecular flexibility index (Phi) is 7.59. The maximum absolute atomic E-state index is 12.8. The van der Waals surface area contributed by atoms with Gasteiger partial charge >= 0.3 is 5.69 Å². The van der Waals surface area contributed by atoms with E-state index in [9.17, 15) is 9.59 Å². The maximum atomic E-state index is 12.8. The quantitative estimate of drug-likeness (QED) is 0.460. The molecule has 0 bridgehead atoms. The number of hydrogen-bond acceptors (Lipinski definition) is 6. The third-order valence-corrected chi connectivity index (χ3v) is 6.72. The molecule has 1 aliphatic rings. The lowest BCUT2D eigenvalue weighted by Crippen LogP contribution is -2.47. The Bertz CT molecular complexity index is 1200. The van der Waals surface area contributed by atoms with Crippen molar-refractivity contribution in [1.82, 2.24) is 19.1 Å². The highest BCUT2D eigenvalue weighted by atomic mass is 16.5. The number of aryl methyl sites for hydroxylation is 2. The number of aromatic amines is 1. The second kappa shape index (κ2) is 10.8. The number of anilines is 2. The number of imidazole rings is 1. The monoisotopic (exact) mass is 468 g/mol. The average molecular weight is 469 g/mol. The van der Waals surface area contributed by atoms with Crippen LogP contribution in [0.2, 0.25) is 0 Å². The van der Waals surface area contributed by atoms with Crippen LogP contribution in [0.4, 0.5) is 11.6 Å². The Hall–Kier alpha value is -3.23. The van der Waals surface area contributed by atoms with Crippen molar-refractivity contribution in [2.24, 2.45) is 7.05 Å². The number of rotatable bonds is 10. The van der Waals surface area contributed by atoms with Gasteiger partial charge in [0.2, 0.25) is 5.95 Å². The molecule has 0 radical (unpaired) electrons. The SMILES string of the molecule is CCCCCCCCn1c(N2CCN(c3ccc(OC)cc3)CC2)nc2c1c(=O)[nH]c(=O)n2C. The number of fused-ring (bicyclic) bond motifs is 1. The maximum Gasteiger partial charge on any atom is 0.329 e. The third kappa shape index (κ3) is 4.98. The molecule has 0 aliphatic carbocycles. The average Bonchev–Trinajstić information content (AvgIpc) is 3.25. The first-order valence-corrected chi connectivity index (χ1v) is 12.4. The van der Waals surface area contributed by atoms with Gasteiger partial charge in [-0.15, -0.1) is 0 Å². The minimum Gasteiger partial charge on any atom is -0.497 e. The van der Waals surface area contributed by atoms with Crippen molar-refractivity contribution in [2.75, 3.05) is 43.1 Å². The minimum atomic E-state index is -0.433. The van der Waals surface area contributed by atoms with Crippen LogP contribution in [0.15, 0.2) is 33.9 Å². The Morgan fingerprint density at radius 2 is 1.59 bits per heavy atom. The molecular weight excluding hydrogens is 432 g/mol. The van der Waals surface area contributed by atoms with Gasteiger partial charge in [-0.1, -0.05) is 39.0 Å². The molecule has 1 aromatic carbocycles. The highest BCUT2D eigenvalue weighted by Crippen LogP contribution is 2.25. The van der Waals surface area contributed by atoms with Crippen LogP contribution in [-0.4, -0.2) is 52.4 Å². The van der Waals surface area contributed by atoms with E-state index in [2.05, 4.69) is 33.8 Å². The lowest BCUT2D eigenvalue weighted by atomic mass is 10.1. The summed E-state index contributed by atoms with van der Waals surface area (Å²) in [6.07, 6.45) is 7.04. The number of aromatic nitrogens is 4. The standard InChI is InChI=1S/C25H36N6O3/c1-4-5-6-7-8-9-14-31-21-22(28(2)25(33)27-23(21)32)26-24(31)30-17-15-29(16-18-30)19-10-12-20(34-3)13-11-19/h10-13H,4-9,14-18H2,1-3H3,(H,27,32,33). The molecule has 1 N–H and O–H groups in total. The topological polar surface area (TPSA) is 88.4 Å². The predicted octanol–water partition coefficient (Wildman–Crippen LogP) is 3.12. The molecule has 0 saturated carbocycles. The number of nitrogens with one attached hydrogen (secondary N) is 1. The van der Waals surface area contributed by atoms with Crippen LogP contribution >= 0.6 is 0 Å². The molecule has 0 atom stereocenters. The lowest BCUT2D eigenvalue weighted by molar-refractivity contribution is 0.415. The number of benzene rings is 1. The first-order valence-electron chi connectivity index (χ1n) is 12.4. The summed E-state index contributed by atoms with van der Waals surface area (Å²) in [5.74, 6) is 1.63. The van der Waals surface area contributed by atoms with Gasteiger partial charge in [-0.2, -0.15) is 4.98 Å². The summed E-state index contributed by atoms with van der Waals surface area (Å²) in [7, 11) is 3.33. The van der Waals surface area contributed by atoms with Crippen LogP contribution in [0, 0.1) is 0 Å². The molecule has 2 aromatic heterocycles. The van der Waals surface area contributed by atoms with Gasteiger partial charge in [0, 0.05) is 45.5 Å². The van der Waals surface area contributed by atoms with Crippen LogP contribution in [0.25, 0.3) is 11.2 Å². The van der Waals surface area contributed by atoms with Gasteiger partial charge in [0.15, 0.2) is 11.2 Å². The van der Waals surface area contributed by atoms with Crippen LogP contribution in [0.5, 0.6) is 5.75 Å². The zero-order valence-corrected chi connectivity index (χ0v) is 20.5. The van der Waals surface area contributed by atoms with Crippen molar-refractivity contribution in [3.8, 4) is 5.75 Å². The van der Waals surface area contributed by atoms with E-state index in [1.54, 1.807) is 14.2 Å². The molecule has 4 rings (SSSR count). The zero-order chi connectivity index (χ0) is 24.1. The number of unbranched alkanes of at least 4 members (excludes halogenated alkanes) is 5. The van der Waals surface area contributed by atoms with Crippen molar-refractivity contribution in [3.05, 3.63) is 45.1 Å². The molecule has 9 heteroatoms. The number of nitrogens with zero attached hydrogens (tertiary/aromatic N) is 5. The van der Waals surface area contributed by atoms with Crippen molar-refractivity contribution in [1.29, 1.82) is 0 Å². The van der Waals surface area contributed by atoms with Gasteiger partial charge in [-0.05, 0) is 30.7 Å². The summed E-state index contributed by atoms with van der Waals surface area (Å²) >= 11 is 0. The smallest absolute Gasteiger partial charge is 0.329 e.